The average Bonchev–Trinajstić information content (AvgIpc) is 3.05. The molecule has 4 aromatic rings. The molecule has 0 aliphatic heterocycles. The van der Waals surface area contributed by atoms with Crippen molar-refractivity contribution in [3.8, 4) is 5.69 Å². The van der Waals surface area contributed by atoms with Gasteiger partial charge in [0.05, 0.1) is 28.5 Å². The number of hydrogen-bond donors (Lipinski definition) is 0. The van der Waals surface area contributed by atoms with Gasteiger partial charge in [0, 0.05) is 0 Å². The Hall–Kier alpha value is -2.63. The van der Waals surface area contributed by atoms with Crippen LogP contribution >= 0.6 is 23.2 Å². The molecule has 27 heavy (non-hydrogen) atoms. The third kappa shape index (κ3) is 3.24. The highest BCUT2D eigenvalue weighted by Gasteiger charge is 2.13. The summed E-state index contributed by atoms with van der Waals surface area (Å²) in [6, 6.07) is 11.4. The van der Waals surface area contributed by atoms with Gasteiger partial charge in [-0.1, -0.05) is 47.0 Å². The minimum atomic E-state index is -0.151. The number of aryl methyl sites for hydroxylation is 2. The standard InChI is InChI=1S/C20H16Cl2N4O/c1-12-3-6-18(13(2)7-12)26-19-15(9-24-26)20(27)25(11-23-19)10-14-4-5-16(21)17(22)8-14/h3-9,11H,10H2,1-2H3. The summed E-state index contributed by atoms with van der Waals surface area (Å²) in [5.74, 6) is 0. The predicted molar refractivity (Wildman–Crippen MR) is 108 cm³/mol. The summed E-state index contributed by atoms with van der Waals surface area (Å²) in [7, 11) is 0. The molecule has 2 aromatic carbocycles. The van der Waals surface area contributed by atoms with Crippen LogP contribution in [0.3, 0.4) is 0 Å². The quantitative estimate of drug-likeness (QED) is 0.508. The van der Waals surface area contributed by atoms with E-state index in [1.807, 2.05) is 32.0 Å². The van der Waals surface area contributed by atoms with Gasteiger partial charge in [0.1, 0.15) is 11.7 Å². The van der Waals surface area contributed by atoms with E-state index < -0.39 is 0 Å². The van der Waals surface area contributed by atoms with Crippen LogP contribution < -0.4 is 5.56 Å². The maximum absolute atomic E-state index is 12.9. The summed E-state index contributed by atoms with van der Waals surface area (Å²) >= 11 is 12.0. The van der Waals surface area contributed by atoms with Gasteiger partial charge in [-0.05, 0) is 43.2 Å². The number of rotatable bonds is 3. The first kappa shape index (κ1) is 17.8. The van der Waals surface area contributed by atoms with E-state index in [1.165, 1.54) is 16.5 Å². The Kier molecular flexibility index (Phi) is 4.50. The molecular formula is C20H16Cl2N4O. The molecule has 0 fully saturated rings. The van der Waals surface area contributed by atoms with Crippen molar-refractivity contribution in [1.82, 2.24) is 19.3 Å². The highest BCUT2D eigenvalue weighted by Crippen LogP contribution is 2.23. The molecule has 0 aliphatic rings. The van der Waals surface area contributed by atoms with E-state index in [4.69, 9.17) is 23.2 Å². The van der Waals surface area contributed by atoms with E-state index in [-0.39, 0.29) is 5.56 Å². The van der Waals surface area contributed by atoms with Crippen molar-refractivity contribution in [1.29, 1.82) is 0 Å². The van der Waals surface area contributed by atoms with Crippen LogP contribution in [-0.4, -0.2) is 19.3 Å². The first-order valence-corrected chi connectivity index (χ1v) is 9.14. The topological polar surface area (TPSA) is 52.7 Å². The summed E-state index contributed by atoms with van der Waals surface area (Å²) < 4.78 is 3.24. The number of nitrogens with zero attached hydrogens (tertiary/aromatic N) is 4. The molecule has 0 unspecified atom stereocenters. The number of aromatic nitrogens is 4. The van der Waals surface area contributed by atoms with Gasteiger partial charge >= 0.3 is 0 Å². The van der Waals surface area contributed by atoms with Crippen molar-refractivity contribution < 1.29 is 0 Å². The molecule has 5 nitrogen and oxygen atoms in total. The molecule has 0 aliphatic carbocycles. The number of hydrogen-bond acceptors (Lipinski definition) is 3. The fourth-order valence-electron chi connectivity index (χ4n) is 3.12. The number of fused-ring (bicyclic) bond motifs is 1. The zero-order valence-electron chi connectivity index (χ0n) is 14.8. The molecular weight excluding hydrogens is 383 g/mol. The van der Waals surface area contributed by atoms with Crippen LogP contribution in [0.4, 0.5) is 0 Å². The summed E-state index contributed by atoms with van der Waals surface area (Å²) in [5.41, 5.74) is 4.41. The summed E-state index contributed by atoms with van der Waals surface area (Å²) in [6.45, 7) is 4.41. The lowest BCUT2D eigenvalue weighted by molar-refractivity contribution is 0.745. The van der Waals surface area contributed by atoms with Gasteiger partial charge in [-0.3, -0.25) is 9.36 Å². The lowest BCUT2D eigenvalue weighted by Crippen LogP contribution is -2.21. The zero-order chi connectivity index (χ0) is 19.1. The maximum atomic E-state index is 12.9. The van der Waals surface area contributed by atoms with Crippen LogP contribution in [0.25, 0.3) is 16.7 Å². The second-order valence-electron chi connectivity index (χ2n) is 6.51. The van der Waals surface area contributed by atoms with Crippen molar-refractivity contribution in [2.75, 3.05) is 0 Å². The van der Waals surface area contributed by atoms with E-state index in [0.29, 0.717) is 27.6 Å². The largest absolute Gasteiger partial charge is 0.294 e. The maximum Gasteiger partial charge on any atom is 0.264 e. The van der Waals surface area contributed by atoms with Crippen LogP contribution in [-0.2, 0) is 6.54 Å². The Bertz CT molecular complexity index is 1230. The fourth-order valence-corrected chi connectivity index (χ4v) is 3.44. The molecule has 0 amide bonds. The number of halogens is 2. The van der Waals surface area contributed by atoms with Crippen molar-refractivity contribution >= 4 is 34.2 Å². The normalized spacial score (nSPS) is 11.3. The van der Waals surface area contributed by atoms with Gasteiger partial charge in [-0.2, -0.15) is 5.10 Å². The highest BCUT2D eigenvalue weighted by molar-refractivity contribution is 6.42. The first-order valence-electron chi connectivity index (χ1n) is 8.39. The molecule has 0 bridgehead atoms. The van der Waals surface area contributed by atoms with Crippen molar-refractivity contribution in [3.05, 3.63) is 86.0 Å². The van der Waals surface area contributed by atoms with E-state index in [0.717, 1.165) is 16.8 Å². The van der Waals surface area contributed by atoms with E-state index in [9.17, 15) is 4.79 Å². The van der Waals surface area contributed by atoms with Gasteiger partial charge in [0.2, 0.25) is 0 Å². The van der Waals surface area contributed by atoms with E-state index >= 15 is 0 Å². The van der Waals surface area contributed by atoms with Gasteiger partial charge in [-0.15, -0.1) is 0 Å². The molecule has 7 heteroatoms. The lowest BCUT2D eigenvalue weighted by Gasteiger charge is -2.09. The molecule has 2 heterocycles. The van der Waals surface area contributed by atoms with Crippen LogP contribution in [0.15, 0.2) is 53.7 Å². The first-order chi connectivity index (χ1) is 12.9. The molecule has 0 spiro atoms. The SMILES string of the molecule is Cc1ccc(-n2ncc3c(=O)n(Cc4ccc(Cl)c(Cl)c4)cnc32)c(C)c1. The van der Waals surface area contributed by atoms with E-state index in [1.54, 1.807) is 23.0 Å². The Labute approximate surface area is 165 Å². The highest BCUT2D eigenvalue weighted by atomic mass is 35.5. The Morgan fingerprint density at radius 1 is 1.04 bits per heavy atom. The third-order valence-corrected chi connectivity index (χ3v) is 5.21. The van der Waals surface area contributed by atoms with Crippen LogP contribution in [0.1, 0.15) is 16.7 Å². The molecule has 2 aromatic heterocycles. The zero-order valence-corrected chi connectivity index (χ0v) is 16.3. The monoisotopic (exact) mass is 398 g/mol. The minimum Gasteiger partial charge on any atom is -0.294 e. The molecule has 0 N–H and O–H groups in total. The van der Waals surface area contributed by atoms with Crippen LogP contribution in [0, 0.1) is 13.8 Å². The summed E-state index contributed by atoms with van der Waals surface area (Å²) in [5, 5.41) is 5.80. The fraction of sp³-hybridized carbons (Fsp3) is 0.150. The van der Waals surface area contributed by atoms with Crippen molar-refractivity contribution in [3.63, 3.8) is 0 Å². The molecule has 136 valence electrons. The lowest BCUT2D eigenvalue weighted by atomic mass is 10.1. The molecule has 0 radical (unpaired) electrons. The minimum absolute atomic E-state index is 0.151. The van der Waals surface area contributed by atoms with Crippen LogP contribution in [0.5, 0.6) is 0 Å². The second kappa shape index (κ2) is 6.83. The summed E-state index contributed by atoms with van der Waals surface area (Å²) in [4.78, 5) is 17.4. The molecule has 0 saturated carbocycles. The average molecular weight is 399 g/mol. The Morgan fingerprint density at radius 3 is 2.59 bits per heavy atom. The van der Waals surface area contributed by atoms with Crippen molar-refractivity contribution in [2.24, 2.45) is 0 Å². The van der Waals surface area contributed by atoms with Gasteiger partial charge in [0.25, 0.3) is 5.56 Å². The Morgan fingerprint density at radius 2 is 1.85 bits per heavy atom. The second-order valence-corrected chi connectivity index (χ2v) is 7.32. The van der Waals surface area contributed by atoms with Gasteiger partial charge < -0.3 is 0 Å². The van der Waals surface area contributed by atoms with E-state index in [2.05, 4.69) is 16.1 Å². The smallest absolute Gasteiger partial charge is 0.264 e. The third-order valence-electron chi connectivity index (χ3n) is 4.47. The molecule has 4 rings (SSSR count). The van der Waals surface area contributed by atoms with Gasteiger partial charge in [-0.25, -0.2) is 9.67 Å². The summed E-state index contributed by atoms with van der Waals surface area (Å²) in [6.07, 6.45) is 3.10. The van der Waals surface area contributed by atoms with Crippen LogP contribution in [0.2, 0.25) is 10.0 Å². The molecule has 0 saturated heterocycles. The van der Waals surface area contributed by atoms with Gasteiger partial charge in [0.15, 0.2) is 5.65 Å². The predicted octanol–water partition coefficient (Wildman–Crippen LogP) is 4.55. The number of benzene rings is 2. The van der Waals surface area contributed by atoms with Crippen molar-refractivity contribution in [2.45, 2.75) is 20.4 Å². The Balaban J connectivity index is 1.77. The molecule has 0 atom stereocenters.